The smallest absolute Gasteiger partial charge is 0.140 e. The second-order valence-corrected chi connectivity index (χ2v) is 5.94. The Labute approximate surface area is 116 Å². The Hall–Kier alpha value is -1.80. The molecule has 0 saturated heterocycles. The van der Waals surface area contributed by atoms with Gasteiger partial charge in [-0.2, -0.15) is 0 Å². The normalized spacial score (nSPS) is 11.4. The van der Waals surface area contributed by atoms with Crippen molar-refractivity contribution in [3.05, 3.63) is 48.5 Å². The van der Waals surface area contributed by atoms with Crippen LogP contribution in [0.15, 0.2) is 48.5 Å². The van der Waals surface area contributed by atoms with Crippen LogP contribution in [0.25, 0.3) is 11.1 Å². The van der Waals surface area contributed by atoms with Crippen LogP contribution in [0, 0.1) is 0 Å². The van der Waals surface area contributed by atoms with Crippen LogP contribution in [-0.2, 0) is 0 Å². The zero-order chi connectivity index (χ0) is 14.0. The molecule has 0 saturated carbocycles. The molecule has 0 amide bonds. The van der Waals surface area contributed by atoms with Gasteiger partial charge in [-0.3, -0.25) is 4.48 Å². The highest BCUT2D eigenvalue weighted by molar-refractivity contribution is 5.85. The summed E-state index contributed by atoms with van der Waals surface area (Å²) in [6.07, 6.45) is 0. The first-order chi connectivity index (χ1) is 8.91. The van der Waals surface area contributed by atoms with Gasteiger partial charge in [0.2, 0.25) is 0 Å². The minimum absolute atomic E-state index is 0.817. The van der Waals surface area contributed by atoms with Crippen molar-refractivity contribution in [3.63, 3.8) is 0 Å². The van der Waals surface area contributed by atoms with E-state index in [1.54, 1.807) is 0 Å². The first-order valence-corrected chi connectivity index (χ1v) is 6.59. The van der Waals surface area contributed by atoms with Gasteiger partial charge in [-0.15, -0.1) is 0 Å². The summed E-state index contributed by atoms with van der Waals surface area (Å²) in [4.78, 5) is 2.17. The summed E-state index contributed by atoms with van der Waals surface area (Å²) in [6.45, 7) is 0. The maximum Gasteiger partial charge on any atom is 0.140 e. The summed E-state index contributed by atoms with van der Waals surface area (Å²) in [5.74, 6) is 0. The van der Waals surface area contributed by atoms with Crippen molar-refractivity contribution in [2.45, 2.75) is 0 Å². The molecule has 0 spiro atoms. The van der Waals surface area contributed by atoms with Gasteiger partial charge < -0.3 is 4.90 Å². The van der Waals surface area contributed by atoms with E-state index in [2.05, 4.69) is 88.7 Å². The molecule has 0 N–H and O–H groups in total. The van der Waals surface area contributed by atoms with Gasteiger partial charge in [0.05, 0.1) is 21.1 Å². The Morgan fingerprint density at radius 1 is 0.737 bits per heavy atom. The average Bonchev–Trinajstić information content (AvgIpc) is 2.37. The Kier molecular flexibility index (Phi) is 3.63. The third kappa shape index (κ3) is 2.79. The summed E-state index contributed by atoms with van der Waals surface area (Å²) in [6, 6.07) is 17.2. The first-order valence-electron chi connectivity index (χ1n) is 6.59. The quantitative estimate of drug-likeness (QED) is 0.757. The molecule has 0 atom stereocenters. The minimum Gasteiger partial charge on any atom is -0.377 e. The number of benzene rings is 2. The lowest BCUT2D eigenvalue weighted by Crippen LogP contribution is -2.35. The van der Waals surface area contributed by atoms with Crippen molar-refractivity contribution in [2.24, 2.45) is 0 Å². The number of hydrogen-bond donors (Lipinski definition) is 0. The monoisotopic (exact) mass is 255 g/mol. The van der Waals surface area contributed by atoms with Crippen molar-refractivity contribution < 1.29 is 0 Å². The molecule has 0 bridgehead atoms. The van der Waals surface area contributed by atoms with E-state index in [9.17, 15) is 0 Å². The van der Waals surface area contributed by atoms with E-state index in [1.165, 1.54) is 22.5 Å². The molecule has 0 radical (unpaired) electrons. The van der Waals surface area contributed by atoms with Crippen LogP contribution < -0.4 is 9.38 Å². The van der Waals surface area contributed by atoms with Gasteiger partial charge in [-0.1, -0.05) is 30.3 Å². The molecule has 100 valence electrons. The lowest BCUT2D eigenvalue weighted by molar-refractivity contribution is 0.487. The van der Waals surface area contributed by atoms with Crippen LogP contribution in [-0.4, -0.2) is 35.2 Å². The van der Waals surface area contributed by atoms with Crippen LogP contribution in [0.5, 0.6) is 0 Å². The van der Waals surface area contributed by atoms with E-state index in [1.807, 2.05) is 0 Å². The number of rotatable bonds is 3. The molecule has 2 rings (SSSR count). The topological polar surface area (TPSA) is 3.24 Å². The predicted octanol–water partition coefficient (Wildman–Crippen LogP) is 3.62. The molecule has 2 heteroatoms. The third-order valence-corrected chi connectivity index (χ3v) is 3.30. The molecular weight excluding hydrogens is 232 g/mol. The number of para-hydroxylation sites is 2. The molecule has 2 nitrogen and oxygen atoms in total. The highest BCUT2D eigenvalue weighted by Crippen LogP contribution is 2.37. The lowest BCUT2D eigenvalue weighted by atomic mass is 10.00. The molecule has 0 aliphatic carbocycles. The number of hydrogen-bond acceptors (Lipinski definition) is 1. The molecule has 19 heavy (non-hydrogen) atoms. The van der Waals surface area contributed by atoms with Crippen LogP contribution >= 0.6 is 0 Å². The van der Waals surface area contributed by atoms with Crippen LogP contribution in [0.4, 0.5) is 11.4 Å². The van der Waals surface area contributed by atoms with Crippen molar-refractivity contribution in [1.82, 2.24) is 4.48 Å². The van der Waals surface area contributed by atoms with E-state index in [4.69, 9.17) is 0 Å². The maximum atomic E-state index is 2.21. The van der Waals surface area contributed by atoms with Crippen molar-refractivity contribution in [3.8, 4) is 11.1 Å². The third-order valence-electron chi connectivity index (χ3n) is 3.30. The fraction of sp³-hybridized carbons (Fsp3) is 0.294. The molecule has 0 aliphatic rings. The number of anilines is 1. The molecule has 2 aromatic carbocycles. The molecule has 0 unspecified atom stereocenters. The van der Waals surface area contributed by atoms with Crippen molar-refractivity contribution >= 4 is 11.4 Å². The van der Waals surface area contributed by atoms with Crippen molar-refractivity contribution in [1.29, 1.82) is 0 Å². The molecule has 0 aliphatic heterocycles. The molecule has 0 aromatic heterocycles. The summed E-state index contributed by atoms with van der Waals surface area (Å²) >= 11 is 0. The number of nitrogens with zero attached hydrogens (tertiary/aromatic N) is 2. The Bertz CT molecular complexity index is 565. The van der Waals surface area contributed by atoms with E-state index in [0.29, 0.717) is 0 Å². The van der Waals surface area contributed by atoms with Crippen LogP contribution in [0.1, 0.15) is 0 Å². The minimum atomic E-state index is 0.817. The van der Waals surface area contributed by atoms with Gasteiger partial charge in [0.15, 0.2) is 0 Å². The van der Waals surface area contributed by atoms with Crippen molar-refractivity contribution in [2.75, 3.05) is 40.1 Å². The number of quaternary nitrogens is 1. The Balaban J connectivity index is 2.67. The summed E-state index contributed by atoms with van der Waals surface area (Å²) < 4.78 is 0.817. The highest BCUT2D eigenvalue weighted by atomic mass is 15.3. The standard InChI is InChI=1S/C17H23N2/c1-18(2)16-12-8-6-10-14(16)15-11-7-9-13-17(15)19(3,4)5/h6-13H,1-5H3/q+1. The largest absolute Gasteiger partial charge is 0.377 e. The van der Waals surface area contributed by atoms with E-state index < -0.39 is 0 Å². The second kappa shape index (κ2) is 5.06. The zero-order valence-corrected chi connectivity index (χ0v) is 12.5. The Morgan fingerprint density at radius 2 is 1.26 bits per heavy atom. The van der Waals surface area contributed by atoms with Gasteiger partial charge in [0, 0.05) is 30.9 Å². The lowest BCUT2D eigenvalue weighted by Gasteiger charge is -2.27. The van der Waals surface area contributed by atoms with Crippen LogP contribution in [0.3, 0.4) is 0 Å². The molecular formula is C17H23N2+. The molecule has 2 aromatic rings. The first kappa shape index (κ1) is 13.6. The van der Waals surface area contributed by atoms with Gasteiger partial charge in [-0.05, 0) is 18.2 Å². The maximum absolute atomic E-state index is 2.21. The van der Waals surface area contributed by atoms with Gasteiger partial charge in [0.1, 0.15) is 5.69 Å². The predicted molar refractivity (Wildman–Crippen MR) is 85.8 cm³/mol. The fourth-order valence-corrected chi connectivity index (χ4v) is 2.38. The summed E-state index contributed by atoms with van der Waals surface area (Å²) in [7, 11) is 10.8. The van der Waals surface area contributed by atoms with Gasteiger partial charge >= 0.3 is 0 Å². The Morgan fingerprint density at radius 3 is 1.84 bits per heavy atom. The molecule has 0 heterocycles. The van der Waals surface area contributed by atoms with E-state index in [-0.39, 0.29) is 0 Å². The second-order valence-electron chi connectivity index (χ2n) is 5.94. The summed E-state index contributed by atoms with van der Waals surface area (Å²) in [5, 5.41) is 0. The van der Waals surface area contributed by atoms with E-state index in [0.717, 1.165) is 4.48 Å². The van der Waals surface area contributed by atoms with E-state index >= 15 is 0 Å². The fourth-order valence-electron chi connectivity index (χ4n) is 2.38. The highest BCUT2D eigenvalue weighted by Gasteiger charge is 2.19. The van der Waals surface area contributed by atoms with Crippen LogP contribution in [0.2, 0.25) is 0 Å². The van der Waals surface area contributed by atoms with Gasteiger partial charge in [0.25, 0.3) is 0 Å². The zero-order valence-electron chi connectivity index (χ0n) is 12.5. The summed E-state index contributed by atoms with van der Waals surface area (Å²) in [5.41, 5.74) is 5.18. The molecule has 0 fully saturated rings. The van der Waals surface area contributed by atoms with Gasteiger partial charge in [-0.25, -0.2) is 0 Å². The average molecular weight is 255 g/mol. The SMILES string of the molecule is CN(C)c1ccccc1-c1ccccc1[N+](C)(C)C.